The van der Waals surface area contributed by atoms with Gasteiger partial charge in [-0.1, -0.05) is 0 Å². The third-order valence-electron chi connectivity index (χ3n) is 3.90. The largest absolute Gasteiger partial charge is 0.785 e. The first-order valence-electron chi connectivity index (χ1n) is 4.85. The fourth-order valence-electron chi connectivity index (χ4n) is 3.41. The first-order chi connectivity index (χ1) is 5.75. The molecular formula is C9H13ClNO-. The molecule has 4 rings (SSSR count). The van der Waals surface area contributed by atoms with Crippen LogP contribution in [0.15, 0.2) is 0 Å². The van der Waals surface area contributed by atoms with Gasteiger partial charge in [-0.15, -0.1) is 11.6 Å². The van der Waals surface area contributed by atoms with E-state index >= 15 is 0 Å². The first-order valence-corrected chi connectivity index (χ1v) is 5.29. The Kier molecular flexibility index (Phi) is 1.50. The van der Waals surface area contributed by atoms with Crippen molar-refractivity contribution in [3.63, 3.8) is 0 Å². The summed E-state index contributed by atoms with van der Waals surface area (Å²) >= 11 is 6.22. The van der Waals surface area contributed by atoms with E-state index in [0.717, 1.165) is 25.2 Å². The number of hydrogen-bond donors (Lipinski definition) is 0. The van der Waals surface area contributed by atoms with E-state index < -0.39 is 0 Å². The maximum absolute atomic E-state index is 11.6. The summed E-state index contributed by atoms with van der Waals surface area (Å²) in [5.41, 5.74) is 0. The summed E-state index contributed by atoms with van der Waals surface area (Å²) in [5, 5.41) is 13.1. The van der Waals surface area contributed by atoms with Gasteiger partial charge in [-0.05, 0) is 43.6 Å². The van der Waals surface area contributed by atoms with Gasteiger partial charge in [0.25, 0.3) is 0 Å². The van der Waals surface area contributed by atoms with Crippen molar-refractivity contribution in [3.05, 3.63) is 5.21 Å². The van der Waals surface area contributed by atoms with Crippen LogP contribution in [0.1, 0.15) is 25.7 Å². The summed E-state index contributed by atoms with van der Waals surface area (Å²) in [6.45, 7) is 0. The zero-order valence-corrected chi connectivity index (χ0v) is 7.70. The second-order valence-corrected chi connectivity index (χ2v) is 5.10. The Labute approximate surface area is 77.5 Å². The highest BCUT2D eigenvalue weighted by Gasteiger charge is 2.48. The molecular weight excluding hydrogens is 174 g/mol. The Morgan fingerprint density at radius 2 is 2.00 bits per heavy atom. The van der Waals surface area contributed by atoms with Crippen LogP contribution in [0.5, 0.6) is 0 Å². The van der Waals surface area contributed by atoms with Gasteiger partial charge in [0.15, 0.2) is 0 Å². The molecule has 0 amide bonds. The highest BCUT2D eigenvalue weighted by atomic mass is 35.5. The van der Waals surface area contributed by atoms with Crippen LogP contribution in [-0.4, -0.2) is 22.5 Å². The standard InChI is InChI=1S/C9H13ClNO/c10-9-6-1-5-2-7(4-6)11(12)8(9)3-5/h5-9H,1-4H2/q-1/t5-,6+,7-,8+,9?/m0/s1. The maximum atomic E-state index is 11.6. The van der Waals surface area contributed by atoms with Crippen LogP contribution in [0.25, 0.3) is 0 Å². The summed E-state index contributed by atoms with van der Waals surface area (Å²) in [5.74, 6) is 1.47. The van der Waals surface area contributed by atoms with E-state index in [0.29, 0.717) is 12.0 Å². The second-order valence-electron chi connectivity index (χ2n) is 4.59. The van der Waals surface area contributed by atoms with Crippen molar-refractivity contribution >= 4 is 11.6 Å². The fourth-order valence-corrected chi connectivity index (χ4v) is 3.83. The summed E-state index contributed by atoms with van der Waals surface area (Å²) < 4.78 is 0. The summed E-state index contributed by atoms with van der Waals surface area (Å²) in [7, 11) is 0. The third kappa shape index (κ3) is 0.835. The van der Waals surface area contributed by atoms with Crippen LogP contribution < -0.4 is 0 Å². The van der Waals surface area contributed by atoms with Gasteiger partial charge in [-0.25, -0.2) is 0 Å². The molecule has 0 aromatic heterocycles. The molecule has 5 atom stereocenters. The van der Waals surface area contributed by atoms with E-state index in [2.05, 4.69) is 0 Å². The first kappa shape index (κ1) is 7.60. The summed E-state index contributed by atoms with van der Waals surface area (Å²) in [6, 6.07) is 0.477. The van der Waals surface area contributed by atoms with Crippen LogP contribution in [0.4, 0.5) is 0 Å². The Bertz CT molecular complexity index is 193. The van der Waals surface area contributed by atoms with E-state index in [9.17, 15) is 5.21 Å². The van der Waals surface area contributed by atoms with Crippen molar-refractivity contribution in [2.24, 2.45) is 11.8 Å². The Balaban J connectivity index is 1.93. The number of piperidine rings is 2. The second kappa shape index (κ2) is 2.37. The van der Waals surface area contributed by atoms with Gasteiger partial charge in [0.1, 0.15) is 0 Å². The molecule has 2 saturated heterocycles. The lowest BCUT2D eigenvalue weighted by Crippen LogP contribution is -2.61. The van der Waals surface area contributed by atoms with Gasteiger partial charge < -0.3 is 10.3 Å². The lowest BCUT2D eigenvalue weighted by Gasteiger charge is -2.62. The van der Waals surface area contributed by atoms with Gasteiger partial charge in [0, 0.05) is 6.04 Å². The van der Waals surface area contributed by atoms with Gasteiger partial charge in [-0.2, -0.15) is 0 Å². The molecule has 4 bridgehead atoms. The van der Waals surface area contributed by atoms with Crippen molar-refractivity contribution in [1.82, 2.24) is 5.06 Å². The molecule has 2 nitrogen and oxygen atoms in total. The molecule has 2 aliphatic carbocycles. The van der Waals surface area contributed by atoms with E-state index in [1.54, 1.807) is 0 Å². The number of halogens is 1. The summed E-state index contributed by atoms with van der Waals surface area (Å²) in [6.07, 6.45) is 4.55. The fraction of sp³-hybridized carbons (Fsp3) is 1.00. The molecule has 0 aromatic carbocycles. The average molecular weight is 187 g/mol. The van der Waals surface area contributed by atoms with E-state index in [1.165, 1.54) is 11.5 Å². The van der Waals surface area contributed by atoms with Crippen molar-refractivity contribution in [2.75, 3.05) is 0 Å². The van der Waals surface area contributed by atoms with Crippen molar-refractivity contribution in [3.8, 4) is 0 Å². The number of nitrogens with zero attached hydrogens (tertiary/aromatic N) is 1. The van der Waals surface area contributed by atoms with Gasteiger partial charge in [-0.3, -0.25) is 0 Å². The predicted octanol–water partition coefficient (Wildman–Crippen LogP) is 1.96. The number of alkyl halides is 1. The number of hydrogen-bond acceptors (Lipinski definition) is 2. The van der Waals surface area contributed by atoms with E-state index in [1.807, 2.05) is 0 Å². The highest BCUT2D eigenvalue weighted by molar-refractivity contribution is 6.21. The highest BCUT2D eigenvalue weighted by Crippen LogP contribution is 2.50. The van der Waals surface area contributed by atoms with Gasteiger partial charge >= 0.3 is 0 Å². The zero-order chi connectivity index (χ0) is 8.29. The molecule has 12 heavy (non-hydrogen) atoms. The lowest BCUT2D eigenvalue weighted by atomic mass is 9.64. The van der Waals surface area contributed by atoms with Gasteiger partial charge in [0.05, 0.1) is 5.38 Å². The van der Waals surface area contributed by atoms with E-state index in [4.69, 9.17) is 11.6 Å². The maximum Gasteiger partial charge on any atom is 0.0511 e. The predicted molar refractivity (Wildman–Crippen MR) is 47.9 cm³/mol. The normalized spacial score (nSPS) is 58.0. The minimum atomic E-state index is 0.148. The molecule has 0 spiro atoms. The third-order valence-corrected chi connectivity index (χ3v) is 4.54. The Morgan fingerprint density at radius 3 is 2.83 bits per heavy atom. The van der Waals surface area contributed by atoms with E-state index in [-0.39, 0.29) is 11.4 Å². The molecule has 2 aliphatic heterocycles. The SMILES string of the molecule is [O-]N1[C@H]2C[C@@H]3C[C@H](C2)C(Cl)[C@H]1C3. The number of hydroxylamine groups is 2. The molecule has 68 valence electrons. The minimum absolute atomic E-state index is 0.148. The minimum Gasteiger partial charge on any atom is -0.785 e. The number of rotatable bonds is 0. The monoisotopic (exact) mass is 186 g/mol. The molecule has 2 heterocycles. The van der Waals surface area contributed by atoms with Crippen LogP contribution in [0.2, 0.25) is 0 Å². The van der Waals surface area contributed by atoms with Crippen molar-refractivity contribution in [1.29, 1.82) is 0 Å². The molecule has 0 radical (unpaired) electrons. The van der Waals surface area contributed by atoms with Crippen molar-refractivity contribution < 1.29 is 0 Å². The topological polar surface area (TPSA) is 26.3 Å². The Hall–Kier alpha value is 0.210. The van der Waals surface area contributed by atoms with Gasteiger partial charge in [0.2, 0.25) is 0 Å². The van der Waals surface area contributed by atoms with Crippen LogP contribution in [-0.2, 0) is 0 Å². The molecule has 4 aliphatic rings. The zero-order valence-electron chi connectivity index (χ0n) is 6.95. The Morgan fingerprint density at radius 1 is 1.17 bits per heavy atom. The van der Waals surface area contributed by atoms with Crippen LogP contribution >= 0.6 is 11.6 Å². The average Bonchev–Trinajstić information content (AvgIpc) is 2.07. The molecule has 1 unspecified atom stereocenters. The van der Waals surface area contributed by atoms with Crippen LogP contribution in [0, 0.1) is 17.0 Å². The van der Waals surface area contributed by atoms with Crippen molar-refractivity contribution in [2.45, 2.75) is 43.1 Å². The van der Waals surface area contributed by atoms with Crippen LogP contribution in [0.3, 0.4) is 0 Å². The molecule has 0 N–H and O–H groups in total. The molecule has 0 aromatic rings. The molecule has 4 fully saturated rings. The summed E-state index contributed by atoms with van der Waals surface area (Å²) in [4.78, 5) is 0. The quantitative estimate of drug-likeness (QED) is 0.541. The molecule has 2 saturated carbocycles. The molecule has 3 heteroatoms. The smallest absolute Gasteiger partial charge is 0.0511 e. The lowest BCUT2D eigenvalue weighted by molar-refractivity contribution is -0.0256.